The summed E-state index contributed by atoms with van der Waals surface area (Å²) in [6.07, 6.45) is 2.80. The molecular formula is C23H44N10O5. The molecule has 0 bridgehead atoms. The Labute approximate surface area is 223 Å². The van der Waals surface area contributed by atoms with E-state index < -0.39 is 47.9 Å². The molecule has 5 atom stereocenters. The molecular weight excluding hydrogens is 496 g/mol. The molecule has 0 aromatic rings. The van der Waals surface area contributed by atoms with Crippen LogP contribution >= 0.6 is 0 Å². The average Bonchev–Trinajstić information content (AvgIpc) is 3.35. The molecule has 1 aliphatic rings. The van der Waals surface area contributed by atoms with Crippen molar-refractivity contribution in [1.29, 1.82) is 0 Å². The number of nitrogens with one attached hydrogen (secondary N) is 2. The maximum atomic E-state index is 13.5. The van der Waals surface area contributed by atoms with Crippen molar-refractivity contribution in [2.24, 2.45) is 44.6 Å². The van der Waals surface area contributed by atoms with Crippen molar-refractivity contribution in [3.8, 4) is 0 Å². The number of guanidine groups is 2. The minimum atomic E-state index is -1.20. The molecule has 38 heavy (non-hydrogen) atoms. The minimum Gasteiger partial charge on any atom is -0.480 e. The molecule has 0 radical (unpaired) electrons. The number of carboxylic acid groups (broad SMARTS) is 1. The van der Waals surface area contributed by atoms with E-state index in [0.717, 1.165) is 0 Å². The average molecular weight is 541 g/mol. The van der Waals surface area contributed by atoms with E-state index in [2.05, 4.69) is 20.6 Å². The van der Waals surface area contributed by atoms with Crippen LogP contribution in [0.15, 0.2) is 9.98 Å². The number of carbonyl (C=O) groups is 4. The van der Waals surface area contributed by atoms with E-state index in [9.17, 15) is 24.3 Å². The van der Waals surface area contributed by atoms with Gasteiger partial charge in [-0.3, -0.25) is 24.4 Å². The molecule has 13 N–H and O–H groups in total. The topological polar surface area (TPSA) is 271 Å². The molecule has 1 saturated heterocycles. The zero-order valence-electron chi connectivity index (χ0n) is 22.3. The van der Waals surface area contributed by atoms with Gasteiger partial charge >= 0.3 is 5.97 Å². The van der Waals surface area contributed by atoms with Crippen LogP contribution < -0.4 is 39.3 Å². The van der Waals surface area contributed by atoms with Crippen molar-refractivity contribution in [3.63, 3.8) is 0 Å². The van der Waals surface area contributed by atoms with E-state index in [4.69, 9.17) is 28.7 Å². The molecule has 1 rings (SSSR count). The molecule has 216 valence electrons. The molecule has 5 unspecified atom stereocenters. The number of nitrogens with two attached hydrogens (primary N) is 5. The molecule has 3 amide bonds. The van der Waals surface area contributed by atoms with Gasteiger partial charge in [-0.2, -0.15) is 0 Å². The van der Waals surface area contributed by atoms with Crippen LogP contribution in [0.1, 0.15) is 58.8 Å². The lowest BCUT2D eigenvalue weighted by molar-refractivity contribution is -0.145. The number of hydrogen-bond acceptors (Lipinski definition) is 7. The van der Waals surface area contributed by atoms with Crippen LogP contribution in [-0.2, 0) is 19.2 Å². The minimum absolute atomic E-state index is 0.0460. The third-order valence-electron chi connectivity index (χ3n) is 6.48. The maximum absolute atomic E-state index is 13.5. The highest BCUT2D eigenvalue weighted by molar-refractivity contribution is 5.94. The SMILES string of the molecule is CCC(C)C(NC(=O)C(N)CCCN=C(N)N)C(=O)N1CCCC1C(=O)NC(CCCN=C(N)N)C(=O)O. The Morgan fingerprint density at radius 2 is 1.58 bits per heavy atom. The first kappa shape index (κ1) is 32.4. The monoisotopic (exact) mass is 540 g/mol. The summed E-state index contributed by atoms with van der Waals surface area (Å²) >= 11 is 0. The van der Waals surface area contributed by atoms with Gasteiger partial charge in [0.05, 0.1) is 6.04 Å². The summed E-state index contributed by atoms with van der Waals surface area (Å²) in [4.78, 5) is 60.1. The van der Waals surface area contributed by atoms with Gasteiger partial charge in [-0.15, -0.1) is 0 Å². The number of nitrogens with zero attached hydrogens (tertiary/aromatic N) is 3. The maximum Gasteiger partial charge on any atom is 0.326 e. The van der Waals surface area contributed by atoms with E-state index in [1.165, 1.54) is 4.90 Å². The number of likely N-dealkylation sites (tertiary alicyclic amines) is 1. The predicted molar refractivity (Wildman–Crippen MR) is 143 cm³/mol. The fraction of sp³-hybridized carbons (Fsp3) is 0.739. The zero-order valence-corrected chi connectivity index (χ0v) is 22.3. The van der Waals surface area contributed by atoms with Gasteiger partial charge in [-0.1, -0.05) is 20.3 Å². The molecule has 0 saturated carbocycles. The molecule has 0 aliphatic carbocycles. The lowest BCUT2D eigenvalue weighted by Gasteiger charge is -2.32. The number of amides is 3. The van der Waals surface area contributed by atoms with E-state index >= 15 is 0 Å². The second kappa shape index (κ2) is 16.3. The highest BCUT2D eigenvalue weighted by atomic mass is 16.4. The molecule has 0 aromatic heterocycles. The Morgan fingerprint density at radius 3 is 2.11 bits per heavy atom. The molecule has 0 spiro atoms. The van der Waals surface area contributed by atoms with Crippen molar-refractivity contribution >= 4 is 35.6 Å². The quantitative estimate of drug-likeness (QED) is 0.0579. The Hall–Kier alpha value is -3.62. The smallest absolute Gasteiger partial charge is 0.326 e. The first-order valence-corrected chi connectivity index (χ1v) is 12.9. The Morgan fingerprint density at radius 1 is 1.00 bits per heavy atom. The molecule has 0 aromatic carbocycles. The normalized spacial score (nSPS) is 18.0. The van der Waals surface area contributed by atoms with Crippen LogP contribution in [0.3, 0.4) is 0 Å². The van der Waals surface area contributed by atoms with Gasteiger partial charge in [-0.05, 0) is 44.4 Å². The zero-order chi connectivity index (χ0) is 28.8. The lowest BCUT2D eigenvalue weighted by atomic mass is 9.96. The van der Waals surface area contributed by atoms with Gasteiger partial charge in [0, 0.05) is 19.6 Å². The standard InChI is InChI=1S/C23H44N10O5/c1-3-13(2)17(32-18(34)14(24)7-4-10-29-22(25)26)20(36)33-12-6-9-16(33)19(35)31-15(21(37)38)8-5-11-30-23(27)28/h13-17H,3-12,24H2,1-2H3,(H,31,35)(H,32,34)(H,37,38)(H4,25,26,29)(H4,27,28,30). The van der Waals surface area contributed by atoms with Gasteiger partial charge < -0.3 is 49.3 Å². The number of rotatable bonds is 16. The van der Waals surface area contributed by atoms with Gasteiger partial charge in [0.2, 0.25) is 17.7 Å². The summed E-state index contributed by atoms with van der Waals surface area (Å²) in [6, 6.07) is -3.76. The summed E-state index contributed by atoms with van der Waals surface area (Å²) in [6.45, 7) is 4.58. The number of carbonyl (C=O) groups excluding carboxylic acids is 3. The van der Waals surface area contributed by atoms with Crippen LogP contribution in [0.4, 0.5) is 0 Å². The number of aliphatic carboxylic acids is 1. The van der Waals surface area contributed by atoms with Crippen LogP contribution in [0.25, 0.3) is 0 Å². The first-order valence-electron chi connectivity index (χ1n) is 12.9. The largest absolute Gasteiger partial charge is 0.480 e. The van der Waals surface area contributed by atoms with Gasteiger partial charge in [0.25, 0.3) is 0 Å². The molecule has 15 nitrogen and oxygen atoms in total. The molecule has 1 aliphatic heterocycles. The van der Waals surface area contributed by atoms with Crippen molar-refractivity contribution in [1.82, 2.24) is 15.5 Å². The summed E-state index contributed by atoms with van der Waals surface area (Å²) < 4.78 is 0. The van der Waals surface area contributed by atoms with Crippen molar-refractivity contribution < 1.29 is 24.3 Å². The Bertz CT molecular complexity index is 873. The van der Waals surface area contributed by atoms with E-state index in [1.54, 1.807) is 0 Å². The Balaban J connectivity index is 2.87. The van der Waals surface area contributed by atoms with Crippen molar-refractivity contribution in [2.75, 3.05) is 19.6 Å². The summed E-state index contributed by atoms with van der Waals surface area (Å²) in [5, 5.41) is 14.8. The summed E-state index contributed by atoms with van der Waals surface area (Å²) in [7, 11) is 0. The highest BCUT2D eigenvalue weighted by Crippen LogP contribution is 2.22. The first-order chi connectivity index (χ1) is 17.9. The number of carboxylic acids is 1. The second-order valence-corrected chi connectivity index (χ2v) is 9.46. The van der Waals surface area contributed by atoms with Crippen LogP contribution in [0, 0.1) is 5.92 Å². The molecule has 1 heterocycles. The molecule has 1 fully saturated rings. The van der Waals surface area contributed by atoms with Crippen LogP contribution in [-0.4, -0.2) is 89.4 Å². The number of hydrogen-bond donors (Lipinski definition) is 8. The third-order valence-corrected chi connectivity index (χ3v) is 6.48. The predicted octanol–water partition coefficient (Wildman–Crippen LogP) is -2.49. The second-order valence-electron chi connectivity index (χ2n) is 9.46. The third kappa shape index (κ3) is 10.8. The van der Waals surface area contributed by atoms with Crippen molar-refractivity contribution in [2.45, 2.75) is 83.0 Å². The van der Waals surface area contributed by atoms with Gasteiger partial charge in [0.1, 0.15) is 18.1 Å². The summed E-state index contributed by atoms with van der Waals surface area (Å²) in [5.74, 6) is -3.02. The van der Waals surface area contributed by atoms with E-state index in [1.807, 2.05) is 13.8 Å². The fourth-order valence-electron chi connectivity index (χ4n) is 4.10. The van der Waals surface area contributed by atoms with Gasteiger partial charge in [0.15, 0.2) is 11.9 Å². The van der Waals surface area contributed by atoms with Crippen LogP contribution in [0.5, 0.6) is 0 Å². The van der Waals surface area contributed by atoms with E-state index in [0.29, 0.717) is 51.6 Å². The van der Waals surface area contributed by atoms with E-state index in [-0.39, 0.29) is 30.8 Å². The Kier molecular flexibility index (Phi) is 13.9. The fourth-order valence-corrected chi connectivity index (χ4v) is 4.10. The van der Waals surface area contributed by atoms with Gasteiger partial charge in [-0.25, -0.2) is 4.79 Å². The number of aliphatic imine (C=N–C) groups is 2. The highest BCUT2D eigenvalue weighted by Gasteiger charge is 2.40. The van der Waals surface area contributed by atoms with Crippen molar-refractivity contribution in [3.05, 3.63) is 0 Å². The lowest BCUT2D eigenvalue weighted by Crippen LogP contribution is -2.58. The van der Waals surface area contributed by atoms with Crippen LogP contribution in [0.2, 0.25) is 0 Å². The summed E-state index contributed by atoms with van der Waals surface area (Å²) in [5.41, 5.74) is 27.1. The molecule has 15 heteroatoms.